The van der Waals surface area contributed by atoms with Crippen LogP contribution < -0.4 is 10.1 Å². The van der Waals surface area contributed by atoms with Gasteiger partial charge >= 0.3 is 5.97 Å². The quantitative estimate of drug-likeness (QED) is 0.389. The maximum absolute atomic E-state index is 10.9. The van der Waals surface area contributed by atoms with Crippen molar-refractivity contribution >= 4 is 5.97 Å². The van der Waals surface area contributed by atoms with E-state index in [-0.39, 0.29) is 12.6 Å². The normalized spacial score (nSPS) is 14.7. The molecule has 6 heteroatoms. The summed E-state index contributed by atoms with van der Waals surface area (Å²) in [6.45, 7) is 0.145. The number of nitrogens with one attached hydrogen (secondary N) is 1. The third-order valence-corrected chi connectivity index (χ3v) is 5.83. The third kappa shape index (κ3) is 4.52. The van der Waals surface area contributed by atoms with Crippen LogP contribution in [0.3, 0.4) is 0 Å². The van der Waals surface area contributed by atoms with Gasteiger partial charge in [0.1, 0.15) is 11.4 Å². The van der Waals surface area contributed by atoms with E-state index >= 15 is 0 Å². The number of hydrogen-bond donors (Lipinski definition) is 2. The van der Waals surface area contributed by atoms with Gasteiger partial charge in [0, 0.05) is 17.2 Å². The number of nitrogens with zero attached hydrogens (tertiary/aromatic N) is 1. The molecule has 1 aliphatic carbocycles. The number of carbonyl (C=O) groups is 1. The number of aromatic nitrogens is 1. The van der Waals surface area contributed by atoms with Gasteiger partial charge in [0.15, 0.2) is 12.4 Å². The van der Waals surface area contributed by atoms with Crippen molar-refractivity contribution in [3.63, 3.8) is 0 Å². The van der Waals surface area contributed by atoms with Gasteiger partial charge < -0.3 is 19.6 Å². The van der Waals surface area contributed by atoms with Gasteiger partial charge in [0.05, 0.1) is 6.54 Å². The Morgan fingerprint density at radius 2 is 1.73 bits per heavy atom. The number of benzene rings is 3. The summed E-state index contributed by atoms with van der Waals surface area (Å²) >= 11 is 0. The number of rotatable bonds is 8. The Labute approximate surface area is 191 Å². The van der Waals surface area contributed by atoms with E-state index < -0.39 is 5.97 Å². The van der Waals surface area contributed by atoms with E-state index in [0.717, 1.165) is 46.5 Å². The molecule has 0 amide bonds. The van der Waals surface area contributed by atoms with Crippen LogP contribution in [0.5, 0.6) is 5.75 Å². The molecule has 33 heavy (non-hydrogen) atoms. The van der Waals surface area contributed by atoms with Gasteiger partial charge in [-0.25, -0.2) is 9.78 Å². The monoisotopic (exact) mass is 440 g/mol. The first kappa shape index (κ1) is 21.0. The predicted molar refractivity (Wildman–Crippen MR) is 125 cm³/mol. The Kier molecular flexibility index (Phi) is 5.91. The second-order valence-electron chi connectivity index (χ2n) is 8.00. The van der Waals surface area contributed by atoms with Crippen LogP contribution >= 0.6 is 0 Å². The molecule has 2 N–H and O–H groups in total. The minimum atomic E-state index is -0.979. The molecular formula is C27H24N2O4. The van der Waals surface area contributed by atoms with Crippen LogP contribution in [0.15, 0.2) is 83.3 Å². The number of fused-ring (bicyclic) bond motifs is 1. The Bertz CT molecular complexity index is 1190. The first-order chi connectivity index (χ1) is 16.2. The van der Waals surface area contributed by atoms with Gasteiger partial charge in [-0.15, -0.1) is 0 Å². The summed E-state index contributed by atoms with van der Waals surface area (Å²) in [5.74, 6) is 1.05. The number of ether oxygens (including phenoxy) is 1. The van der Waals surface area contributed by atoms with Gasteiger partial charge in [0.2, 0.25) is 5.89 Å². The van der Waals surface area contributed by atoms with Crippen molar-refractivity contribution in [1.82, 2.24) is 10.3 Å². The summed E-state index contributed by atoms with van der Waals surface area (Å²) in [6.07, 6.45) is 1.74. The SMILES string of the molecule is O=C(O)COc1cccc2c1CCC2NCc1nc(-c2ccccc2)c(-c2ccccc2)o1. The second-order valence-corrected chi connectivity index (χ2v) is 8.00. The highest BCUT2D eigenvalue weighted by Crippen LogP contribution is 2.38. The largest absolute Gasteiger partial charge is 0.482 e. The molecule has 0 bridgehead atoms. The van der Waals surface area contributed by atoms with E-state index in [0.29, 0.717) is 18.2 Å². The number of hydrogen-bond acceptors (Lipinski definition) is 5. The Balaban J connectivity index is 1.37. The summed E-state index contributed by atoms with van der Waals surface area (Å²) in [4.78, 5) is 15.7. The van der Waals surface area contributed by atoms with Gasteiger partial charge in [0.25, 0.3) is 0 Å². The Morgan fingerprint density at radius 1 is 1.00 bits per heavy atom. The molecule has 1 heterocycles. The molecule has 3 aromatic carbocycles. The van der Waals surface area contributed by atoms with Crippen LogP contribution in [0, 0.1) is 0 Å². The minimum Gasteiger partial charge on any atom is -0.482 e. The van der Waals surface area contributed by atoms with Crippen LogP contribution in [0.1, 0.15) is 29.5 Å². The first-order valence-electron chi connectivity index (χ1n) is 11.0. The van der Waals surface area contributed by atoms with Crippen LogP contribution in [0.25, 0.3) is 22.6 Å². The lowest BCUT2D eigenvalue weighted by Gasteiger charge is -2.14. The van der Waals surface area contributed by atoms with Gasteiger partial charge in [-0.1, -0.05) is 72.8 Å². The van der Waals surface area contributed by atoms with Crippen LogP contribution in [0.2, 0.25) is 0 Å². The fourth-order valence-electron chi connectivity index (χ4n) is 4.33. The molecule has 0 fully saturated rings. The molecule has 1 unspecified atom stereocenters. The average molecular weight is 440 g/mol. The summed E-state index contributed by atoms with van der Waals surface area (Å²) in [6, 6.07) is 26.0. The highest BCUT2D eigenvalue weighted by molar-refractivity contribution is 5.76. The summed E-state index contributed by atoms with van der Waals surface area (Å²) < 4.78 is 11.7. The molecule has 0 radical (unpaired) electrons. The van der Waals surface area contributed by atoms with E-state index in [4.69, 9.17) is 19.2 Å². The number of oxazole rings is 1. The second kappa shape index (κ2) is 9.30. The predicted octanol–water partition coefficient (Wildman–Crippen LogP) is 5.25. The van der Waals surface area contributed by atoms with Gasteiger partial charge in [-0.3, -0.25) is 0 Å². The number of aliphatic carboxylic acids is 1. The van der Waals surface area contributed by atoms with E-state index in [2.05, 4.69) is 11.4 Å². The molecule has 0 spiro atoms. The van der Waals surface area contributed by atoms with E-state index in [1.54, 1.807) is 0 Å². The van der Waals surface area contributed by atoms with Gasteiger partial charge in [-0.2, -0.15) is 0 Å². The van der Waals surface area contributed by atoms with Gasteiger partial charge in [-0.05, 0) is 30.0 Å². The van der Waals surface area contributed by atoms with Crippen molar-refractivity contribution in [2.75, 3.05) is 6.61 Å². The van der Waals surface area contributed by atoms with Crippen molar-refractivity contribution < 1.29 is 19.1 Å². The standard InChI is InChI=1S/C27H24N2O4/c30-25(31)17-32-23-13-7-12-20-21(23)14-15-22(20)28-16-24-29-26(18-8-3-1-4-9-18)27(33-24)19-10-5-2-6-11-19/h1-13,22,28H,14-17H2,(H,30,31). The molecule has 166 valence electrons. The summed E-state index contributed by atoms with van der Waals surface area (Å²) in [5, 5.41) is 12.5. The molecule has 5 rings (SSSR count). The molecule has 4 aromatic rings. The Morgan fingerprint density at radius 3 is 2.45 bits per heavy atom. The zero-order valence-corrected chi connectivity index (χ0v) is 18.0. The summed E-state index contributed by atoms with van der Waals surface area (Å²) in [7, 11) is 0. The fourth-order valence-corrected chi connectivity index (χ4v) is 4.33. The molecule has 0 saturated carbocycles. The molecule has 1 aliphatic rings. The average Bonchev–Trinajstić information content (AvgIpc) is 3.47. The summed E-state index contributed by atoms with van der Waals surface area (Å²) in [5.41, 5.74) is 5.03. The molecule has 1 aromatic heterocycles. The topological polar surface area (TPSA) is 84.6 Å². The van der Waals surface area contributed by atoms with Crippen LogP contribution in [-0.2, 0) is 17.8 Å². The van der Waals surface area contributed by atoms with E-state index in [9.17, 15) is 4.79 Å². The van der Waals surface area contributed by atoms with E-state index in [1.165, 1.54) is 0 Å². The first-order valence-corrected chi connectivity index (χ1v) is 11.0. The van der Waals surface area contributed by atoms with Crippen molar-refractivity contribution in [3.05, 3.63) is 95.9 Å². The lowest BCUT2D eigenvalue weighted by atomic mass is 10.1. The third-order valence-electron chi connectivity index (χ3n) is 5.83. The number of carboxylic acid groups (broad SMARTS) is 1. The molecular weight excluding hydrogens is 416 g/mol. The van der Waals surface area contributed by atoms with Crippen molar-refractivity contribution in [3.8, 4) is 28.3 Å². The smallest absolute Gasteiger partial charge is 0.341 e. The molecule has 6 nitrogen and oxygen atoms in total. The lowest BCUT2D eigenvalue weighted by molar-refractivity contribution is -0.139. The van der Waals surface area contributed by atoms with Crippen molar-refractivity contribution in [1.29, 1.82) is 0 Å². The lowest BCUT2D eigenvalue weighted by Crippen LogP contribution is -2.19. The maximum Gasteiger partial charge on any atom is 0.341 e. The Hall–Kier alpha value is -3.90. The van der Waals surface area contributed by atoms with Crippen molar-refractivity contribution in [2.45, 2.75) is 25.4 Å². The zero-order chi connectivity index (χ0) is 22.6. The van der Waals surface area contributed by atoms with E-state index in [1.807, 2.05) is 72.8 Å². The van der Waals surface area contributed by atoms with Crippen LogP contribution in [-0.4, -0.2) is 22.7 Å². The highest BCUT2D eigenvalue weighted by Gasteiger charge is 2.26. The van der Waals surface area contributed by atoms with Crippen molar-refractivity contribution in [2.24, 2.45) is 0 Å². The molecule has 0 aliphatic heterocycles. The number of carboxylic acids is 1. The zero-order valence-electron chi connectivity index (χ0n) is 18.0. The molecule has 1 atom stereocenters. The maximum atomic E-state index is 10.9. The van der Waals surface area contributed by atoms with Crippen LogP contribution in [0.4, 0.5) is 0 Å². The fraction of sp³-hybridized carbons (Fsp3) is 0.185. The molecule has 0 saturated heterocycles. The minimum absolute atomic E-state index is 0.126. The highest BCUT2D eigenvalue weighted by atomic mass is 16.5.